The molecule has 0 spiro atoms. The first-order valence-corrected chi connectivity index (χ1v) is 7.95. The monoisotopic (exact) mass is 404 g/mol. The minimum atomic E-state index is 0.0941. The van der Waals surface area contributed by atoms with Gasteiger partial charge < -0.3 is 10.1 Å². The van der Waals surface area contributed by atoms with Gasteiger partial charge in [0.2, 0.25) is 0 Å². The predicted octanol–water partition coefficient (Wildman–Crippen LogP) is 4.26. The summed E-state index contributed by atoms with van der Waals surface area (Å²) in [6.45, 7) is 7.79. The van der Waals surface area contributed by atoms with Gasteiger partial charge >= 0.3 is 0 Å². The summed E-state index contributed by atoms with van der Waals surface area (Å²) in [5, 5.41) is 5.03. The number of hydrogen-bond acceptors (Lipinski definition) is 3. The van der Waals surface area contributed by atoms with Gasteiger partial charge in [-0.25, -0.2) is 0 Å². The van der Waals surface area contributed by atoms with E-state index in [0.717, 1.165) is 26.8 Å². The van der Waals surface area contributed by atoms with Gasteiger partial charge in [0.25, 0.3) is 0 Å². The molecule has 20 heavy (non-hydrogen) atoms. The van der Waals surface area contributed by atoms with Gasteiger partial charge in [-0.2, -0.15) is 0 Å². The van der Waals surface area contributed by atoms with Crippen LogP contribution >= 0.6 is 34.2 Å². The Labute approximate surface area is 138 Å². The number of ether oxygens (including phenoxy) is 1. The number of aromatic nitrogens is 1. The maximum absolute atomic E-state index is 6.24. The molecule has 1 aromatic heterocycles. The first kappa shape index (κ1) is 15.8. The highest BCUT2D eigenvalue weighted by atomic mass is 127. The summed E-state index contributed by atoms with van der Waals surface area (Å²) >= 11 is 8.47. The third-order valence-corrected chi connectivity index (χ3v) is 3.87. The van der Waals surface area contributed by atoms with Crippen molar-refractivity contribution in [1.29, 1.82) is 0 Å². The number of pyridine rings is 1. The fraction of sp³-hybridized carbons (Fsp3) is 0.400. The van der Waals surface area contributed by atoms with Crippen molar-refractivity contribution in [2.75, 3.05) is 13.2 Å². The minimum Gasteiger partial charge on any atom is -0.489 e. The van der Waals surface area contributed by atoms with Gasteiger partial charge in [0.05, 0.1) is 8.59 Å². The van der Waals surface area contributed by atoms with Gasteiger partial charge in [-0.1, -0.05) is 11.6 Å². The minimum absolute atomic E-state index is 0.0941. The maximum Gasteiger partial charge on any atom is 0.158 e. The topological polar surface area (TPSA) is 34.1 Å². The summed E-state index contributed by atoms with van der Waals surface area (Å²) in [6, 6.07) is 5.76. The molecule has 0 saturated heterocycles. The smallest absolute Gasteiger partial charge is 0.158 e. The van der Waals surface area contributed by atoms with Crippen LogP contribution in [0, 0.1) is 3.57 Å². The van der Waals surface area contributed by atoms with Crippen LogP contribution in [0.3, 0.4) is 0 Å². The number of nitrogens with one attached hydrogen (secondary N) is 1. The second kappa shape index (κ2) is 6.45. The van der Waals surface area contributed by atoms with E-state index >= 15 is 0 Å². The van der Waals surface area contributed by atoms with E-state index in [0.29, 0.717) is 11.6 Å². The van der Waals surface area contributed by atoms with Gasteiger partial charge in [0.1, 0.15) is 12.1 Å². The summed E-state index contributed by atoms with van der Waals surface area (Å²) in [4.78, 5) is 4.40. The molecule has 0 saturated carbocycles. The van der Waals surface area contributed by atoms with Crippen molar-refractivity contribution in [3.63, 3.8) is 0 Å². The largest absolute Gasteiger partial charge is 0.489 e. The van der Waals surface area contributed by atoms with Crippen LogP contribution in [-0.4, -0.2) is 23.7 Å². The lowest BCUT2D eigenvalue weighted by atomic mass is 10.1. The van der Waals surface area contributed by atoms with Crippen LogP contribution in [0.4, 0.5) is 0 Å². The second-order valence-electron chi connectivity index (χ2n) is 5.59. The fourth-order valence-corrected chi connectivity index (χ4v) is 3.03. The van der Waals surface area contributed by atoms with Gasteiger partial charge in [0, 0.05) is 23.7 Å². The van der Waals surface area contributed by atoms with Crippen LogP contribution in [0.25, 0.3) is 10.9 Å². The third kappa shape index (κ3) is 3.96. The van der Waals surface area contributed by atoms with Gasteiger partial charge in [-0.15, -0.1) is 0 Å². The van der Waals surface area contributed by atoms with Crippen LogP contribution in [-0.2, 0) is 0 Å². The van der Waals surface area contributed by atoms with Crippen molar-refractivity contribution >= 4 is 45.1 Å². The van der Waals surface area contributed by atoms with E-state index in [1.54, 1.807) is 6.20 Å². The molecule has 0 unspecified atom stereocenters. The second-order valence-corrected chi connectivity index (χ2v) is 7.16. The molecule has 5 heteroatoms. The highest BCUT2D eigenvalue weighted by Crippen LogP contribution is 2.34. The zero-order valence-corrected chi connectivity index (χ0v) is 14.7. The quantitative estimate of drug-likeness (QED) is 0.611. The number of rotatable bonds is 4. The molecule has 0 atom stereocenters. The van der Waals surface area contributed by atoms with Crippen LogP contribution in [0.5, 0.6) is 5.75 Å². The molecule has 2 rings (SSSR count). The number of nitrogens with zero attached hydrogens (tertiary/aromatic N) is 1. The third-order valence-electron chi connectivity index (χ3n) is 2.75. The molecule has 0 bridgehead atoms. The van der Waals surface area contributed by atoms with Crippen molar-refractivity contribution in [2.24, 2.45) is 0 Å². The van der Waals surface area contributed by atoms with Crippen molar-refractivity contribution in [1.82, 2.24) is 10.3 Å². The molecule has 0 aliphatic heterocycles. The SMILES string of the molecule is CC(C)(C)NCCOc1c(I)cc(Cl)c2cccnc12. The molecule has 2 aromatic rings. The summed E-state index contributed by atoms with van der Waals surface area (Å²) in [7, 11) is 0. The fourth-order valence-electron chi connectivity index (χ4n) is 1.86. The first-order valence-electron chi connectivity index (χ1n) is 6.49. The van der Waals surface area contributed by atoms with E-state index < -0.39 is 0 Å². The molecule has 0 aliphatic rings. The van der Waals surface area contributed by atoms with E-state index in [-0.39, 0.29) is 5.54 Å². The molecule has 108 valence electrons. The van der Waals surface area contributed by atoms with Crippen molar-refractivity contribution in [2.45, 2.75) is 26.3 Å². The van der Waals surface area contributed by atoms with E-state index in [4.69, 9.17) is 16.3 Å². The zero-order valence-electron chi connectivity index (χ0n) is 11.8. The van der Waals surface area contributed by atoms with Gasteiger partial charge in [-0.3, -0.25) is 4.98 Å². The molecular formula is C15H18ClIN2O. The van der Waals surface area contributed by atoms with E-state index in [1.807, 2.05) is 18.2 Å². The van der Waals surface area contributed by atoms with Crippen molar-refractivity contribution in [3.05, 3.63) is 33.0 Å². The zero-order chi connectivity index (χ0) is 14.8. The van der Waals surface area contributed by atoms with E-state index in [1.165, 1.54) is 0 Å². The lowest BCUT2D eigenvalue weighted by molar-refractivity contribution is 0.291. The highest BCUT2D eigenvalue weighted by Gasteiger charge is 2.13. The summed E-state index contributed by atoms with van der Waals surface area (Å²) in [5.74, 6) is 0.807. The van der Waals surface area contributed by atoms with Crippen LogP contribution in [0.2, 0.25) is 5.02 Å². The number of benzene rings is 1. The Balaban J connectivity index is 2.18. The van der Waals surface area contributed by atoms with Crippen molar-refractivity contribution in [3.8, 4) is 5.75 Å². The number of halogens is 2. The van der Waals surface area contributed by atoms with E-state index in [2.05, 4.69) is 53.7 Å². The molecule has 1 heterocycles. The van der Waals surface area contributed by atoms with Crippen LogP contribution in [0.15, 0.2) is 24.4 Å². The van der Waals surface area contributed by atoms with Gasteiger partial charge in [0.15, 0.2) is 5.75 Å². The average molecular weight is 405 g/mol. The molecule has 3 nitrogen and oxygen atoms in total. The van der Waals surface area contributed by atoms with E-state index in [9.17, 15) is 0 Å². The predicted molar refractivity (Wildman–Crippen MR) is 92.7 cm³/mol. The molecule has 0 amide bonds. The molecule has 0 radical (unpaired) electrons. The van der Waals surface area contributed by atoms with Crippen LogP contribution in [0.1, 0.15) is 20.8 Å². The summed E-state index contributed by atoms with van der Waals surface area (Å²) in [5.41, 5.74) is 0.914. The Hall–Kier alpha value is -0.590. The van der Waals surface area contributed by atoms with Crippen molar-refractivity contribution < 1.29 is 4.74 Å². The molecule has 1 aromatic carbocycles. The Morgan fingerprint density at radius 1 is 1.40 bits per heavy atom. The highest BCUT2D eigenvalue weighted by molar-refractivity contribution is 14.1. The Kier molecular flexibility index (Phi) is 5.09. The lowest BCUT2D eigenvalue weighted by Crippen LogP contribution is -2.38. The summed E-state index contributed by atoms with van der Waals surface area (Å²) < 4.78 is 6.89. The normalized spacial score (nSPS) is 11.8. The Bertz CT molecular complexity index is 611. The number of hydrogen-bond donors (Lipinski definition) is 1. The Morgan fingerprint density at radius 3 is 2.85 bits per heavy atom. The standard InChI is InChI=1S/C15H18ClIN2O/c1-15(2,3)19-7-8-20-14-12(17)9-11(16)10-5-4-6-18-13(10)14/h4-6,9,19H,7-8H2,1-3H3. The molecule has 0 fully saturated rings. The Morgan fingerprint density at radius 2 is 2.15 bits per heavy atom. The summed E-state index contributed by atoms with van der Waals surface area (Å²) in [6.07, 6.45) is 1.76. The molecule has 1 N–H and O–H groups in total. The maximum atomic E-state index is 6.24. The van der Waals surface area contributed by atoms with Gasteiger partial charge in [-0.05, 0) is 61.6 Å². The lowest BCUT2D eigenvalue weighted by Gasteiger charge is -2.20. The molecular weight excluding hydrogens is 387 g/mol. The number of fused-ring (bicyclic) bond motifs is 1. The average Bonchev–Trinajstić information content (AvgIpc) is 2.36. The molecule has 0 aliphatic carbocycles. The first-order chi connectivity index (χ1) is 9.38. The van der Waals surface area contributed by atoms with Crippen LogP contribution < -0.4 is 10.1 Å².